The lowest BCUT2D eigenvalue weighted by molar-refractivity contribution is 0.177. The van der Waals surface area contributed by atoms with Gasteiger partial charge in [0.15, 0.2) is 0 Å². The molecule has 0 amide bonds. The Kier molecular flexibility index (Phi) is 6.64. The Hall–Kier alpha value is -0.420. The highest BCUT2D eigenvalue weighted by atomic mass is 32.1. The molecular formula is C12H21NO2S. The fourth-order valence-electron chi connectivity index (χ4n) is 1.49. The molecular weight excluding hydrogens is 222 g/mol. The Labute approximate surface area is 101 Å². The summed E-state index contributed by atoms with van der Waals surface area (Å²) in [5.74, 6) is 0.379. The van der Waals surface area contributed by atoms with Crippen molar-refractivity contribution in [3.8, 4) is 0 Å². The molecule has 3 nitrogen and oxygen atoms in total. The van der Waals surface area contributed by atoms with Crippen molar-refractivity contribution >= 4 is 11.3 Å². The van der Waals surface area contributed by atoms with Crippen LogP contribution in [0.15, 0.2) is 17.5 Å². The molecule has 0 aliphatic heterocycles. The molecule has 16 heavy (non-hydrogen) atoms. The van der Waals surface area contributed by atoms with Crippen LogP contribution < -0.4 is 5.32 Å². The van der Waals surface area contributed by atoms with Gasteiger partial charge in [-0.2, -0.15) is 0 Å². The van der Waals surface area contributed by atoms with Gasteiger partial charge in [-0.1, -0.05) is 13.0 Å². The van der Waals surface area contributed by atoms with Gasteiger partial charge in [0.1, 0.15) is 6.10 Å². The van der Waals surface area contributed by atoms with Crippen molar-refractivity contribution in [2.45, 2.75) is 25.9 Å². The van der Waals surface area contributed by atoms with Gasteiger partial charge in [-0.3, -0.25) is 0 Å². The van der Waals surface area contributed by atoms with E-state index in [9.17, 15) is 5.11 Å². The summed E-state index contributed by atoms with van der Waals surface area (Å²) >= 11 is 1.58. The lowest BCUT2D eigenvalue weighted by Gasteiger charge is -2.11. The number of thiophene rings is 1. The Morgan fingerprint density at radius 2 is 2.31 bits per heavy atom. The van der Waals surface area contributed by atoms with Crippen molar-refractivity contribution in [3.63, 3.8) is 0 Å². The first-order chi connectivity index (χ1) is 7.74. The summed E-state index contributed by atoms with van der Waals surface area (Å²) in [6.07, 6.45) is 1.67. The van der Waals surface area contributed by atoms with Crippen molar-refractivity contribution in [2.24, 2.45) is 5.92 Å². The van der Waals surface area contributed by atoms with Gasteiger partial charge in [0, 0.05) is 18.0 Å². The van der Waals surface area contributed by atoms with Crippen LogP contribution in [0.3, 0.4) is 0 Å². The SMILES string of the molecule is CC(CO)CCCNCC(O)c1cccs1. The van der Waals surface area contributed by atoms with Gasteiger partial charge in [-0.15, -0.1) is 11.3 Å². The normalized spacial score (nSPS) is 14.9. The molecule has 1 rings (SSSR count). The molecule has 3 N–H and O–H groups in total. The minimum atomic E-state index is -0.393. The second-order valence-corrected chi connectivity index (χ2v) is 5.14. The summed E-state index contributed by atoms with van der Waals surface area (Å²) < 4.78 is 0. The van der Waals surface area contributed by atoms with E-state index < -0.39 is 6.10 Å². The molecule has 4 heteroatoms. The zero-order valence-electron chi connectivity index (χ0n) is 9.72. The first-order valence-corrected chi connectivity index (χ1v) is 6.65. The zero-order valence-corrected chi connectivity index (χ0v) is 10.5. The Balaban J connectivity index is 2.03. The molecule has 0 aliphatic rings. The molecule has 92 valence electrons. The van der Waals surface area contributed by atoms with Crippen LogP contribution in [0, 0.1) is 5.92 Å². The summed E-state index contributed by atoms with van der Waals surface area (Å²) in [6, 6.07) is 3.90. The fourth-order valence-corrected chi connectivity index (χ4v) is 2.20. The molecule has 0 bridgehead atoms. The first kappa shape index (κ1) is 13.6. The molecule has 0 aliphatic carbocycles. The maximum absolute atomic E-state index is 9.77. The minimum Gasteiger partial charge on any atom is -0.396 e. The minimum absolute atomic E-state index is 0.262. The quantitative estimate of drug-likeness (QED) is 0.610. The fraction of sp³-hybridized carbons (Fsp3) is 0.667. The van der Waals surface area contributed by atoms with E-state index in [1.807, 2.05) is 24.4 Å². The van der Waals surface area contributed by atoms with E-state index in [0.717, 1.165) is 24.3 Å². The summed E-state index contributed by atoms with van der Waals surface area (Å²) in [7, 11) is 0. The van der Waals surface area contributed by atoms with Crippen LogP contribution in [0.2, 0.25) is 0 Å². The molecule has 1 heterocycles. The van der Waals surface area contributed by atoms with Gasteiger partial charge in [0.05, 0.1) is 0 Å². The van der Waals surface area contributed by atoms with E-state index >= 15 is 0 Å². The van der Waals surface area contributed by atoms with Gasteiger partial charge in [-0.25, -0.2) is 0 Å². The lowest BCUT2D eigenvalue weighted by Crippen LogP contribution is -2.22. The maximum atomic E-state index is 9.77. The average molecular weight is 243 g/mol. The predicted octanol–water partition coefficient (Wildman–Crippen LogP) is 1.78. The maximum Gasteiger partial charge on any atom is 0.101 e. The van der Waals surface area contributed by atoms with Crippen molar-refractivity contribution in [2.75, 3.05) is 19.7 Å². The number of rotatable bonds is 8. The number of aliphatic hydroxyl groups is 2. The summed E-state index contributed by atoms with van der Waals surface area (Å²) in [6.45, 7) is 3.80. The third-order valence-corrected chi connectivity index (χ3v) is 3.54. The number of nitrogens with one attached hydrogen (secondary N) is 1. The third kappa shape index (κ3) is 5.07. The van der Waals surface area contributed by atoms with Crippen molar-refractivity contribution in [3.05, 3.63) is 22.4 Å². The largest absolute Gasteiger partial charge is 0.396 e. The van der Waals surface area contributed by atoms with Gasteiger partial charge >= 0.3 is 0 Å². The number of hydrogen-bond donors (Lipinski definition) is 3. The summed E-state index contributed by atoms with van der Waals surface area (Å²) in [5, 5.41) is 23.8. The van der Waals surface area contributed by atoms with Crippen molar-refractivity contribution in [1.29, 1.82) is 0 Å². The second-order valence-electron chi connectivity index (χ2n) is 4.17. The van der Waals surface area contributed by atoms with Crippen LogP contribution >= 0.6 is 11.3 Å². The van der Waals surface area contributed by atoms with Crippen LogP contribution in [0.4, 0.5) is 0 Å². The highest BCUT2D eigenvalue weighted by Gasteiger charge is 2.07. The molecule has 0 spiro atoms. The Morgan fingerprint density at radius 1 is 1.50 bits per heavy atom. The monoisotopic (exact) mass is 243 g/mol. The van der Waals surface area contributed by atoms with Gasteiger partial charge in [-0.05, 0) is 36.8 Å². The number of aliphatic hydroxyl groups excluding tert-OH is 2. The summed E-state index contributed by atoms with van der Waals surface area (Å²) in [5.41, 5.74) is 0. The van der Waals surface area contributed by atoms with Gasteiger partial charge in [0.25, 0.3) is 0 Å². The molecule has 1 aromatic rings. The third-order valence-electron chi connectivity index (χ3n) is 2.57. The van der Waals surface area contributed by atoms with Gasteiger partial charge in [0.2, 0.25) is 0 Å². The highest BCUT2D eigenvalue weighted by molar-refractivity contribution is 7.10. The molecule has 0 saturated heterocycles. The average Bonchev–Trinajstić information content (AvgIpc) is 2.81. The first-order valence-electron chi connectivity index (χ1n) is 5.77. The second kappa shape index (κ2) is 7.79. The van der Waals surface area contributed by atoms with Crippen LogP contribution in [0.1, 0.15) is 30.7 Å². The summed E-state index contributed by atoms with van der Waals surface area (Å²) in [4.78, 5) is 1.01. The van der Waals surface area contributed by atoms with Crippen LogP contribution in [-0.4, -0.2) is 29.9 Å². The van der Waals surface area contributed by atoms with E-state index in [1.165, 1.54) is 0 Å². The Bertz CT molecular complexity index is 264. The van der Waals surface area contributed by atoms with Crippen LogP contribution in [0.5, 0.6) is 0 Å². The molecule has 2 unspecified atom stereocenters. The standard InChI is InChI=1S/C12H21NO2S/c1-10(9-14)4-2-6-13-8-11(15)12-5-3-7-16-12/h3,5,7,10-11,13-15H,2,4,6,8-9H2,1H3. The smallest absolute Gasteiger partial charge is 0.101 e. The Morgan fingerprint density at radius 3 is 2.94 bits per heavy atom. The molecule has 1 aromatic heterocycles. The predicted molar refractivity (Wildman–Crippen MR) is 67.6 cm³/mol. The molecule has 0 aromatic carbocycles. The van der Waals surface area contributed by atoms with E-state index in [2.05, 4.69) is 5.32 Å². The van der Waals surface area contributed by atoms with E-state index in [-0.39, 0.29) is 6.61 Å². The highest BCUT2D eigenvalue weighted by Crippen LogP contribution is 2.17. The molecule has 0 fully saturated rings. The van der Waals surface area contributed by atoms with Crippen molar-refractivity contribution in [1.82, 2.24) is 5.32 Å². The number of hydrogen-bond acceptors (Lipinski definition) is 4. The topological polar surface area (TPSA) is 52.5 Å². The van der Waals surface area contributed by atoms with Crippen LogP contribution in [0.25, 0.3) is 0 Å². The van der Waals surface area contributed by atoms with Gasteiger partial charge < -0.3 is 15.5 Å². The van der Waals surface area contributed by atoms with E-state index in [1.54, 1.807) is 11.3 Å². The van der Waals surface area contributed by atoms with E-state index in [0.29, 0.717) is 12.5 Å². The lowest BCUT2D eigenvalue weighted by atomic mass is 10.1. The van der Waals surface area contributed by atoms with E-state index in [4.69, 9.17) is 5.11 Å². The molecule has 2 atom stereocenters. The van der Waals surface area contributed by atoms with Crippen LogP contribution in [-0.2, 0) is 0 Å². The van der Waals surface area contributed by atoms with Crippen molar-refractivity contribution < 1.29 is 10.2 Å². The zero-order chi connectivity index (χ0) is 11.8. The molecule has 0 radical (unpaired) electrons. The molecule has 0 saturated carbocycles.